The summed E-state index contributed by atoms with van der Waals surface area (Å²) >= 11 is 0. The van der Waals surface area contributed by atoms with Crippen molar-refractivity contribution in [2.24, 2.45) is 0 Å². The fourth-order valence-electron chi connectivity index (χ4n) is 2.70. The van der Waals surface area contributed by atoms with Crippen LogP contribution in [0.2, 0.25) is 0 Å². The molecule has 5 atom stereocenters. The standard InChI is InChI=1S/C18H18O7/c19-13-14(20)16(17(22)23)25-18(15(13)21)24-12-9-5-4-8-11(12)10-6-2-1-3-7-10/h1-9,13-16,18-21H,(H,22,23)/t13-,14-,15+,16-,18+/m1/s1/i1+1,2+1,3+1,6+1,7+1,10+1. The molecule has 1 aliphatic rings. The smallest absolute Gasteiger partial charge is 0.335 e. The lowest BCUT2D eigenvalue weighted by Crippen LogP contribution is -2.61. The molecule has 0 amide bonds. The fraction of sp³-hybridized carbons (Fsp3) is 0.278. The molecule has 1 aliphatic heterocycles. The minimum atomic E-state index is -1.75. The minimum Gasteiger partial charge on any atom is -0.479 e. The molecule has 0 bridgehead atoms. The highest BCUT2D eigenvalue weighted by molar-refractivity contribution is 5.73. The molecule has 1 heterocycles. The van der Waals surface area contributed by atoms with Crippen LogP contribution in [-0.4, -0.2) is 57.1 Å². The minimum absolute atomic E-state index is 0.352. The first-order valence-corrected chi connectivity index (χ1v) is 7.72. The number of hydrogen-bond donors (Lipinski definition) is 4. The zero-order valence-corrected chi connectivity index (χ0v) is 13.1. The average molecular weight is 352 g/mol. The Balaban J connectivity index is 1.88. The lowest BCUT2D eigenvalue weighted by Gasteiger charge is -2.38. The van der Waals surface area contributed by atoms with E-state index in [1.54, 1.807) is 18.2 Å². The summed E-state index contributed by atoms with van der Waals surface area (Å²) in [7, 11) is 0. The van der Waals surface area contributed by atoms with E-state index >= 15 is 0 Å². The fourth-order valence-corrected chi connectivity index (χ4v) is 2.70. The zero-order chi connectivity index (χ0) is 18.0. The Hall–Kier alpha value is -2.45. The molecule has 0 radical (unpaired) electrons. The normalized spacial score (nSPS) is 29.2. The van der Waals surface area contributed by atoms with Crippen molar-refractivity contribution in [3.8, 4) is 16.9 Å². The molecule has 2 aromatic carbocycles. The van der Waals surface area contributed by atoms with Gasteiger partial charge in [0.2, 0.25) is 6.29 Å². The molecule has 0 saturated carbocycles. The largest absolute Gasteiger partial charge is 0.479 e. The van der Waals surface area contributed by atoms with Crippen molar-refractivity contribution < 1.29 is 34.7 Å². The molecular formula is C18H18O7. The van der Waals surface area contributed by atoms with Gasteiger partial charge in [0.15, 0.2) is 6.10 Å². The number of para-hydroxylation sites is 1. The molecule has 1 fully saturated rings. The summed E-state index contributed by atoms with van der Waals surface area (Å²) in [6.45, 7) is 0. The lowest BCUT2D eigenvalue weighted by molar-refractivity contribution is -0.271. The Bertz CT molecular complexity index is 733. The van der Waals surface area contributed by atoms with E-state index < -0.39 is 36.7 Å². The molecular weight excluding hydrogens is 334 g/mol. The van der Waals surface area contributed by atoms with Crippen LogP contribution >= 0.6 is 0 Å². The Kier molecular flexibility index (Phi) is 5.00. The van der Waals surface area contributed by atoms with Crippen molar-refractivity contribution in [2.45, 2.75) is 30.7 Å². The summed E-state index contributed by atoms with van der Waals surface area (Å²) in [6, 6.07) is 16.3. The van der Waals surface area contributed by atoms with Gasteiger partial charge in [-0.2, -0.15) is 0 Å². The van der Waals surface area contributed by atoms with Crippen LogP contribution in [0.5, 0.6) is 5.75 Å². The number of carbonyl (C=O) groups is 1. The maximum Gasteiger partial charge on any atom is 0.335 e. The van der Waals surface area contributed by atoms with Crippen LogP contribution in [0.1, 0.15) is 0 Å². The monoisotopic (exact) mass is 352 g/mol. The maximum atomic E-state index is 11.2. The van der Waals surface area contributed by atoms with Crippen molar-refractivity contribution in [1.29, 1.82) is 0 Å². The van der Waals surface area contributed by atoms with E-state index in [0.29, 0.717) is 11.3 Å². The molecule has 7 nitrogen and oxygen atoms in total. The third kappa shape index (κ3) is 3.49. The van der Waals surface area contributed by atoms with E-state index in [-0.39, 0.29) is 0 Å². The molecule has 1 saturated heterocycles. The maximum absolute atomic E-state index is 11.2. The summed E-state index contributed by atoms with van der Waals surface area (Å²) in [5.41, 5.74) is 1.57. The van der Waals surface area contributed by atoms with Crippen LogP contribution in [0.4, 0.5) is 0 Å². The first-order valence-electron chi connectivity index (χ1n) is 7.72. The lowest BCUT2D eigenvalue weighted by atomic mass is 9.99. The van der Waals surface area contributed by atoms with Crippen LogP contribution in [-0.2, 0) is 9.53 Å². The van der Waals surface area contributed by atoms with Crippen LogP contribution in [0.25, 0.3) is 11.1 Å². The van der Waals surface area contributed by atoms with Crippen LogP contribution in [0.3, 0.4) is 0 Å². The second kappa shape index (κ2) is 7.20. The van der Waals surface area contributed by atoms with Gasteiger partial charge >= 0.3 is 5.97 Å². The molecule has 3 rings (SSSR count). The predicted molar refractivity (Wildman–Crippen MR) is 86.8 cm³/mol. The molecule has 0 aromatic heterocycles. The van der Waals surface area contributed by atoms with Gasteiger partial charge in [0.25, 0.3) is 0 Å². The van der Waals surface area contributed by atoms with Gasteiger partial charge in [-0.25, -0.2) is 4.79 Å². The third-order valence-corrected chi connectivity index (χ3v) is 4.03. The van der Waals surface area contributed by atoms with Gasteiger partial charge in [0.05, 0.1) is 0 Å². The first-order chi connectivity index (χ1) is 12.0. The highest BCUT2D eigenvalue weighted by Gasteiger charge is 2.48. The molecule has 132 valence electrons. The van der Waals surface area contributed by atoms with Gasteiger partial charge < -0.3 is 29.9 Å². The van der Waals surface area contributed by atoms with Crippen molar-refractivity contribution in [3.05, 3.63) is 54.6 Å². The Morgan fingerprint density at radius 3 is 2.20 bits per heavy atom. The van der Waals surface area contributed by atoms with Gasteiger partial charge in [-0.3, -0.25) is 0 Å². The highest BCUT2D eigenvalue weighted by Crippen LogP contribution is 2.32. The van der Waals surface area contributed by atoms with E-state index in [1.165, 1.54) is 0 Å². The topological polar surface area (TPSA) is 116 Å². The summed E-state index contributed by atoms with van der Waals surface area (Å²) in [4.78, 5) is 11.2. The zero-order valence-electron chi connectivity index (χ0n) is 13.1. The quantitative estimate of drug-likeness (QED) is 0.637. The van der Waals surface area contributed by atoms with Crippen molar-refractivity contribution in [1.82, 2.24) is 0 Å². The number of aliphatic hydroxyl groups excluding tert-OH is 3. The third-order valence-electron chi connectivity index (χ3n) is 4.03. The molecule has 7 heteroatoms. The Morgan fingerprint density at radius 2 is 1.52 bits per heavy atom. The second-order valence-electron chi connectivity index (χ2n) is 5.72. The van der Waals surface area contributed by atoms with Gasteiger partial charge in [-0.15, -0.1) is 0 Å². The number of aliphatic hydroxyl groups is 3. The van der Waals surface area contributed by atoms with E-state index in [1.807, 2.05) is 36.4 Å². The average Bonchev–Trinajstić information content (AvgIpc) is 2.63. The van der Waals surface area contributed by atoms with Crippen LogP contribution in [0.15, 0.2) is 54.6 Å². The predicted octanol–water partition coefficient (Wildman–Crippen LogP) is 0.625. The molecule has 0 aliphatic carbocycles. The van der Waals surface area contributed by atoms with E-state index in [2.05, 4.69) is 0 Å². The number of rotatable bonds is 4. The second-order valence-corrected chi connectivity index (χ2v) is 5.72. The van der Waals surface area contributed by atoms with Gasteiger partial charge in [-0.1, -0.05) is 48.5 Å². The SMILES string of the molecule is O=C(O)[C@@H]1O[C@H](Oc2ccccc2-[13c]2[13cH][13cH][13cH][13cH][13cH]2)[C@@H](O)[C@H](O)[C@H]1O. The van der Waals surface area contributed by atoms with Gasteiger partial charge in [0.1, 0.15) is 24.1 Å². The molecule has 0 spiro atoms. The van der Waals surface area contributed by atoms with Crippen LogP contribution in [0, 0.1) is 0 Å². The molecule has 2 aromatic rings. The molecule has 4 N–H and O–H groups in total. The number of carboxylic acid groups (broad SMARTS) is 1. The summed E-state index contributed by atoms with van der Waals surface area (Å²) in [5.74, 6) is -1.10. The molecule has 0 unspecified atom stereocenters. The molecule has 25 heavy (non-hydrogen) atoms. The summed E-state index contributed by atoms with van der Waals surface area (Å²) in [5, 5.41) is 38.8. The van der Waals surface area contributed by atoms with Crippen LogP contribution < -0.4 is 4.74 Å². The van der Waals surface area contributed by atoms with Gasteiger partial charge in [-0.05, 0) is 11.6 Å². The number of benzene rings is 2. The van der Waals surface area contributed by atoms with Crippen molar-refractivity contribution in [3.63, 3.8) is 0 Å². The number of ether oxygens (including phenoxy) is 2. The first kappa shape index (κ1) is 17.4. The van der Waals surface area contributed by atoms with Gasteiger partial charge in [0, 0.05) is 5.56 Å². The summed E-state index contributed by atoms with van der Waals surface area (Å²) in [6.07, 6.45) is -8.20. The highest BCUT2D eigenvalue weighted by atomic mass is 16.7. The van der Waals surface area contributed by atoms with E-state index in [0.717, 1.165) is 5.56 Å². The van der Waals surface area contributed by atoms with E-state index in [9.17, 15) is 20.1 Å². The number of aliphatic carboxylic acids is 1. The summed E-state index contributed by atoms with van der Waals surface area (Å²) < 4.78 is 10.8. The Morgan fingerprint density at radius 1 is 0.880 bits per heavy atom. The van der Waals surface area contributed by atoms with Crippen molar-refractivity contribution >= 4 is 5.97 Å². The van der Waals surface area contributed by atoms with E-state index in [4.69, 9.17) is 14.6 Å². The van der Waals surface area contributed by atoms with Crippen molar-refractivity contribution in [2.75, 3.05) is 0 Å². The number of carboxylic acids is 1. The number of hydrogen-bond acceptors (Lipinski definition) is 6. The Labute approximate surface area is 143 Å².